The average molecular weight is 401 g/mol. The number of halogens is 1. The van der Waals surface area contributed by atoms with Crippen LogP contribution in [0.3, 0.4) is 0 Å². The lowest BCUT2D eigenvalue weighted by Gasteiger charge is -2.16. The van der Waals surface area contributed by atoms with Crippen LogP contribution < -0.4 is 4.74 Å². The van der Waals surface area contributed by atoms with Crippen LogP contribution in [0.25, 0.3) is 10.6 Å². The van der Waals surface area contributed by atoms with E-state index in [4.69, 9.17) is 16.3 Å². The summed E-state index contributed by atoms with van der Waals surface area (Å²) in [5, 5.41) is 3.26. The third kappa shape index (κ3) is 4.67. The molecule has 0 radical (unpaired) electrons. The number of para-hydroxylation sites is 1. The molecule has 0 spiro atoms. The highest BCUT2D eigenvalue weighted by atomic mass is 35.5. The van der Waals surface area contributed by atoms with Crippen LogP contribution in [0.1, 0.15) is 29.9 Å². The normalized spacial score (nSPS) is 10.6. The smallest absolute Gasteiger partial charge is 0.273 e. The van der Waals surface area contributed by atoms with Gasteiger partial charge in [-0.2, -0.15) is 0 Å². The van der Waals surface area contributed by atoms with Crippen molar-refractivity contribution in [1.82, 2.24) is 9.88 Å². The summed E-state index contributed by atoms with van der Waals surface area (Å²) in [5.41, 5.74) is 2.35. The van der Waals surface area contributed by atoms with Gasteiger partial charge in [-0.05, 0) is 43.7 Å². The van der Waals surface area contributed by atoms with Crippen molar-refractivity contribution in [2.24, 2.45) is 0 Å². The van der Waals surface area contributed by atoms with Crippen LogP contribution in [0.4, 0.5) is 0 Å². The molecule has 1 amide bonds. The lowest BCUT2D eigenvalue weighted by molar-refractivity contribution is 0.0768. The second-order valence-electron chi connectivity index (χ2n) is 5.93. The van der Waals surface area contributed by atoms with Crippen LogP contribution in [-0.4, -0.2) is 28.9 Å². The Hall–Kier alpha value is -2.37. The van der Waals surface area contributed by atoms with Crippen molar-refractivity contribution in [3.8, 4) is 16.3 Å². The summed E-state index contributed by atoms with van der Waals surface area (Å²) in [6.45, 7) is 5.68. The Kier molecular flexibility index (Phi) is 6.48. The Morgan fingerprint density at radius 1 is 1.15 bits per heavy atom. The third-order valence-electron chi connectivity index (χ3n) is 4.17. The number of nitrogens with zero attached hydrogens (tertiary/aromatic N) is 2. The van der Waals surface area contributed by atoms with E-state index in [1.807, 2.05) is 67.8 Å². The minimum absolute atomic E-state index is 0.0418. The first kappa shape index (κ1) is 19.4. The van der Waals surface area contributed by atoms with E-state index in [0.717, 1.165) is 21.9 Å². The largest absolute Gasteiger partial charge is 0.488 e. The molecule has 0 atom stereocenters. The van der Waals surface area contributed by atoms with Crippen molar-refractivity contribution in [2.75, 3.05) is 13.1 Å². The lowest BCUT2D eigenvalue weighted by atomic mass is 10.2. The molecule has 4 nitrogen and oxygen atoms in total. The maximum absolute atomic E-state index is 12.5. The summed E-state index contributed by atoms with van der Waals surface area (Å²) in [4.78, 5) is 18.8. The van der Waals surface area contributed by atoms with Crippen molar-refractivity contribution >= 4 is 28.8 Å². The molecule has 0 aliphatic heterocycles. The second kappa shape index (κ2) is 9.02. The summed E-state index contributed by atoms with van der Waals surface area (Å²) in [6, 6.07) is 15.3. The van der Waals surface area contributed by atoms with Gasteiger partial charge in [0.2, 0.25) is 0 Å². The van der Waals surface area contributed by atoms with Gasteiger partial charge in [-0.25, -0.2) is 4.98 Å². The molecule has 3 rings (SSSR count). The Balaban J connectivity index is 1.81. The highest BCUT2D eigenvalue weighted by Crippen LogP contribution is 2.33. The van der Waals surface area contributed by atoms with Crippen LogP contribution in [0.15, 0.2) is 53.9 Å². The van der Waals surface area contributed by atoms with Gasteiger partial charge in [-0.1, -0.05) is 35.9 Å². The molecule has 3 aromatic rings. The Morgan fingerprint density at radius 2 is 1.93 bits per heavy atom. The number of carbonyl (C=O) groups is 1. The van der Waals surface area contributed by atoms with Crippen LogP contribution >= 0.6 is 22.9 Å². The maximum atomic E-state index is 12.5. The summed E-state index contributed by atoms with van der Waals surface area (Å²) < 4.78 is 6.00. The summed E-state index contributed by atoms with van der Waals surface area (Å²) >= 11 is 7.48. The Labute approximate surface area is 168 Å². The van der Waals surface area contributed by atoms with E-state index in [1.165, 1.54) is 11.3 Å². The maximum Gasteiger partial charge on any atom is 0.273 e. The van der Waals surface area contributed by atoms with Gasteiger partial charge in [0.1, 0.15) is 23.1 Å². The number of carbonyl (C=O) groups excluding carboxylic acids is 1. The highest BCUT2D eigenvalue weighted by Gasteiger charge is 2.18. The molecule has 0 unspecified atom stereocenters. The monoisotopic (exact) mass is 400 g/mol. The first-order valence-electron chi connectivity index (χ1n) is 8.83. The topological polar surface area (TPSA) is 42.4 Å². The Morgan fingerprint density at radius 3 is 2.67 bits per heavy atom. The highest BCUT2D eigenvalue weighted by molar-refractivity contribution is 7.13. The van der Waals surface area contributed by atoms with E-state index in [2.05, 4.69) is 4.98 Å². The van der Waals surface area contributed by atoms with Gasteiger partial charge < -0.3 is 9.64 Å². The molecule has 0 aliphatic carbocycles. The molecule has 1 aromatic heterocycles. The minimum Gasteiger partial charge on any atom is -0.488 e. The SMILES string of the molecule is CCN(CC)C(=O)c1csc(-c2ccccc2OCc2cccc(Cl)c2)n1. The third-order valence-corrected chi connectivity index (χ3v) is 5.29. The van der Waals surface area contributed by atoms with Crippen LogP contribution in [0.5, 0.6) is 5.75 Å². The van der Waals surface area contributed by atoms with Gasteiger partial charge in [0.25, 0.3) is 5.91 Å². The molecule has 2 aromatic carbocycles. The molecule has 0 saturated carbocycles. The average Bonchev–Trinajstić information content (AvgIpc) is 3.17. The predicted molar refractivity (Wildman–Crippen MR) is 111 cm³/mol. The van der Waals surface area contributed by atoms with Gasteiger partial charge in [0.05, 0.1) is 5.56 Å². The molecule has 0 bridgehead atoms. The number of rotatable bonds is 7. The summed E-state index contributed by atoms with van der Waals surface area (Å²) in [7, 11) is 0. The quantitative estimate of drug-likeness (QED) is 0.524. The van der Waals surface area contributed by atoms with E-state index in [1.54, 1.807) is 4.90 Å². The zero-order chi connectivity index (χ0) is 19.2. The molecule has 140 valence electrons. The van der Waals surface area contributed by atoms with Gasteiger partial charge in [0, 0.05) is 23.5 Å². The zero-order valence-electron chi connectivity index (χ0n) is 15.3. The zero-order valence-corrected chi connectivity index (χ0v) is 16.9. The van der Waals surface area contributed by atoms with Crippen molar-refractivity contribution in [1.29, 1.82) is 0 Å². The van der Waals surface area contributed by atoms with E-state index in [9.17, 15) is 4.79 Å². The summed E-state index contributed by atoms with van der Waals surface area (Å²) in [6.07, 6.45) is 0. The molecule has 0 aliphatic rings. The van der Waals surface area contributed by atoms with Crippen LogP contribution in [0.2, 0.25) is 5.02 Å². The van der Waals surface area contributed by atoms with Crippen molar-refractivity contribution in [3.05, 3.63) is 70.2 Å². The standard InChI is InChI=1S/C21H21ClN2O2S/c1-3-24(4-2)21(25)18-14-27-20(23-18)17-10-5-6-11-19(17)26-13-15-8-7-9-16(22)12-15/h5-12,14H,3-4,13H2,1-2H3. The first-order valence-corrected chi connectivity index (χ1v) is 10.1. The fourth-order valence-corrected chi connectivity index (χ4v) is 3.76. The van der Waals surface area contributed by atoms with Crippen molar-refractivity contribution in [2.45, 2.75) is 20.5 Å². The molecule has 1 heterocycles. The first-order chi connectivity index (χ1) is 13.1. The lowest BCUT2D eigenvalue weighted by Crippen LogP contribution is -2.30. The molecule has 0 fully saturated rings. The van der Waals surface area contributed by atoms with Crippen LogP contribution in [-0.2, 0) is 6.61 Å². The molecular weight excluding hydrogens is 380 g/mol. The fraction of sp³-hybridized carbons (Fsp3) is 0.238. The number of aromatic nitrogens is 1. The summed E-state index contributed by atoms with van der Waals surface area (Å²) in [5.74, 6) is 0.688. The molecule has 27 heavy (non-hydrogen) atoms. The molecule has 0 saturated heterocycles. The number of amides is 1. The predicted octanol–water partition coefficient (Wildman–Crippen LogP) is 5.52. The van der Waals surface area contributed by atoms with E-state index in [-0.39, 0.29) is 5.91 Å². The van der Waals surface area contributed by atoms with Crippen LogP contribution in [0, 0.1) is 0 Å². The number of ether oxygens (including phenoxy) is 1. The van der Waals surface area contributed by atoms with Crippen molar-refractivity contribution in [3.63, 3.8) is 0 Å². The minimum atomic E-state index is -0.0418. The van der Waals surface area contributed by atoms with Gasteiger partial charge in [-0.15, -0.1) is 11.3 Å². The second-order valence-corrected chi connectivity index (χ2v) is 7.22. The number of hydrogen-bond acceptors (Lipinski definition) is 4. The number of benzene rings is 2. The van der Waals surface area contributed by atoms with Gasteiger partial charge in [0.15, 0.2) is 0 Å². The van der Waals surface area contributed by atoms with E-state index in [0.29, 0.717) is 30.4 Å². The van der Waals surface area contributed by atoms with E-state index >= 15 is 0 Å². The van der Waals surface area contributed by atoms with Crippen molar-refractivity contribution < 1.29 is 9.53 Å². The van der Waals surface area contributed by atoms with E-state index < -0.39 is 0 Å². The number of thiazole rings is 1. The fourth-order valence-electron chi connectivity index (χ4n) is 2.73. The number of hydrogen-bond donors (Lipinski definition) is 0. The van der Waals surface area contributed by atoms with Gasteiger partial charge >= 0.3 is 0 Å². The molecule has 6 heteroatoms. The van der Waals surface area contributed by atoms with Gasteiger partial charge in [-0.3, -0.25) is 4.79 Å². The Bertz CT molecular complexity index is 922. The molecule has 0 N–H and O–H groups in total. The molecular formula is C21H21ClN2O2S.